The molecular weight excluding hydrogens is 479 g/mol. The zero-order valence-corrected chi connectivity index (χ0v) is 19.7. The SMILES string of the molecule is CN=C(NCCc1ccc(-n2cccn2)cc1)NC1CCN(C(=O)C(C)C)C1.I. The molecule has 1 amide bonds. The Kier molecular flexibility index (Phi) is 8.94. The largest absolute Gasteiger partial charge is 0.356 e. The molecule has 0 aliphatic carbocycles. The predicted molar refractivity (Wildman–Crippen MR) is 127 cm³/mol. The van der Waals surface area contributed by atoms with E-state index in [0.717, 1.165) is 44.1 Å². The molecule has 0 spiro atoms. The molecule has 0 bridgehead atoms. The second-order valence-electron chi connectivity index (χ2n) is 7.43. The van der Waals surface area contributed by atoms with E-state index in [-0.39, 0.29) is 41.8 Å². The summed E-state index contributed by atoms with van der Waals surface area (Å²) in [4.78, 5) is 18.4. The van der Waals surface area contributed by atoms with Gasteiger partial charge < -0.3 is 15.5 Å². The predicted octanol–water partition coefficient (Wildman–Crippen LogP) is 2.45. The first kappa shape index (κ1) is 23.2. The van der Waals surface area contributed by atoms with Crippen molar-refractivity contribution in [2.24, 2.45) is 10.9 Å². The first-order chi connectivity index (χ1) is 13.6. The van der Waals surface area contributed by atoms with Crippen molar-refractivity contribution in [3.8, 4) is 5.69 Å². The summed E-state index contributed by atoms with van der Waals surface area (Å²) in [6.07, 6.45) is 5.57. The lowest BCUT2D eigenvalue weighted by Crippen LogP contribution is -2.45. The average molecular weight is 510 g/mol. The van der Waals surface area contributed by atoms with E-state index in [1.54, 1.807) is 13.2 Å². The molecule has 0 radical (unpaired) electrons. The molecule has 1 aromatic heterocycles. The zero-order valence-electron chi connectivity index (χ0n) is 17.3. The average Bonchev–Trinajstić information content (AvgIpc) is 3.39. The molecule has 1 aromatic carbocycles. The number of hydrogen-bond donors (Lipinski definition) is 2. The monoisotopic (exact) mass is 510 g/mol. The molecule has 158 valence electrons. The number of guanidine groups is 1. The second-order valence-corrected chi connectivity index (χ2v) is 7.43. The molecule has 2 heterocycles. The number of benzene rings is 1. The van der Waals surface area contributed by atoms with Crippen molar-refractivity contribution >= 4 is 35.8 Å². The van der Waals surface area contributed by atoms with Crippen LogP contribution in [0.5, 0.6) is 0 Å². The number of nitrogens with zero attached hydrogens (tertiary/aromatic N) is 4. The number of carbonyl (C=O) groups is 1. The van der Waals surface area contributed by atoms with Crippen molar-refractivity contribution in [2.75, 3.05) is 26.7 Å². The van der Waals surface area contributed by atoms with Gasteiger partial charge in [-0.25, -0.2) is 4.68 Å². The molecule has 1 unspecified atom stereocenters. The topological polar surface area (TPSA) is 74.6 Å². The quantitative estimate of drug-likeness (QED) is 0.356. The lowest BCUT2D eigenvalue weighted by molar-refractivity contribution is -0.133. The van der Waals surface area contributed by atoms with Gasteiger partial charge in [-0.3, -0.25) is 9.79 Å². The van der Waals surface area contributed by atoms with Crippen LogP contribution in [0.25, 0.3) is 5.69 Å². The van der Waals surface area contributed by atoms with Gasteiger partial charge >= 0.3 is 0 Å². The van der Waals surface area contributed by atoms with E-state index in [0.29, 0.717) is 0 Å². The smallest absolute Gasteiger partial charge is 0.225 e. The van der Waals surface area contributed by atoms with Gasteiger partial charge in [0.15, 0.2) is 5.96 Å². The lowest BCUT2D eigenvalue weighted by atomic mass is 10.1. The van der Waals surface area contributed by atoms with Crippen molar-refractivity contribution < 1.29 is 4.79 Å². The highest BCUT2D eigenvalue weighted by Gasteiger charge is 2.27. The van der Waals surface area contributed by atoms with Crippen molar-refractivity contribution in [2.45, 2.75) is 32.7 Å². The fourth-order valence-corrected chi connectivity index (χ4v) is 3.39. The van der Waals surface area contributed by atoms with Gasteiger partial charge in [-0.2, -0.15) is 5.10 Å². The molecule has 1 saturated heterocycles. The molecule has 8 heteroatoms. The maximum absolute atomic E-state index is 12.1. The molecule has 1 atom stereocenters. The van der Waals surface area contributed by atoms with Gasteiger partial charge in [0.05, 0.1) is 5.69 Å². The highest BCUT2D eigenvalue weighted by molar-refractivity contribution is 14.0. The molecule has 1 aliphatic rings. The van der Waals surface area contributed by atoms with Gasteiger partial charge in [0.25, 0.3) is 0 Å². The van der Waals surface area contributed by atoms with Crippen molar-refractivity contribution in [1.29, 1.82) is 0 Å². The molecular formula is C21H31IN6O. The highest BCUT2D eigenvalue weighted by Crippen LogP contribution is 2.13. The van der Waals surface area contributed by atoms with Crippen LogP contribution in [0.4, 0.5) is 0 Å². The maximum Gasteiger partial charge on any atom is 0.225 e. The van der Waals surface area contributed by atoms with Crippen LogP contribution in [0.1, 0.15) is 25.8 Å². The standard InChI is InChI=1S/C21H30N6O.HI/c1-16(2)20(28)26-14-10-18(15-26)25-21(22-3)23-12-9-17-5-7-19(8-6-17)27-13-4-11-24-27;/h4-8,11,13,16,18H,9-10,12,14-15H2,1-3H3,(H2,22,23,25);1H. The maximum atomic E-state index is 12.1. The number of likely N-dealkylation sites (tertiary alicyclic amines) is 1. The summed E-state index contributed by atoms with van der Waals surface area (Å²) in [6, 6.07) is 10.6. The summed E-state index contributed by atoms with van der Waals surface area (Å²) in [5.74, 6) is 1.07. The third-order valence-electron chi connectivity index (χ3n) is 4.97. The Morgan fingerprint density at radius 1 is 1.31 bits per heavy atom. The minimum Gasteiger partial charge on any atom is -0.356 e. The molecule has 3 rings (SSSR count). The summed E-state index contributed by atoms with van der Waals surface area (Å²) in [7, 11) is 1.78. The molecule has 2 aromatic rings. The number of carbonyl (C=O) groups excluding carboxylic acids is 1. The van der Waals surface area contributed by atoms with E-state index in [1.165, 1.54) is 5.56 Å². The molecule has 29 heavy (non-hydrogen) atoms. The minimum absolute atomic E-state index is 0. The number of aliphatic imine (C=N–C) groups is 1. The van der Waals surface area contributed by atoms with Crippen LogP contribution in [0.2, 0.25) is 0 Å². The Bertz CT molecular complexity index is 788. The Morgan fingerprint density at radius 2 is 2.07 bits per heavy atom. The summed E-state index contributed by atoms with van der Waals surface area (Å²) in [5, 5.41) is 11.1. The first-order valence-corrected chi connectivity index (χ1v) is 9.91. The Labute approximate surface area is 190 Å². The van der Waals surface area contributed by atoms with Crippen LogP contribution in [0.3, 0.4) is 0 Å². The van der Waals surface area contributed by atoms with Crippen LogP contribution in [0, 0.1) is 5.92 Å². The van der Waals surface area contributed by atoms with Gasteiger partial charge in [0.1, 0.15) is 0 Å². The van der Waals surface area contributed by atoms with Crippen LogP contribution in [-0.2, 0) is 11.2 Å². The molecule has 2 N–H and O–H groups in total. The van der Waals surface area contributed by atoms with Crippen molar-refractivity contribution in [1.82, 2.24) is 25.3 Å². The molecule has 1 aliphatic heterocycles. The van der Waals surface area contributed by atoms with E-state index in [9.17, 15) is 4.79 Å². The van der Waals surface area contributed by atoms with Gasteiger partial charge in [-0.15, -0.1) is 24.0 Å². The van der Waals surface area contributed by atoms with E-state index in [4.69, 9.17) is 0 Å². The third kappa shape index (κ3) is 6.45. The third-order valence-corrected chi connectivity index (χ3v) is 4.97. The number of nitrogens with one attached hydrogen (secondary N) is 2. The van der Waals surface area contributed by atoms with Crippen LogP contribution >= 0.6 is 24.0 Å². The van der Waals surface area contributed by atoms with Crippen molar-refractivity contribution in [3.63, 3.8) is 0 Å². The first-order valence-electron chi connectivity index (χ1n) is 9.91. The summed E-state index contributed by atoms with van der Waals surface area (Å²) < 4.78 is 1.85. The van der Waals surface area contributed by atoms with Crippen LogP contribution in [0.15, 0.2) is 47.7 Å². The number of amides is 1. The summed E-state index contributed by atoms with van der Waals surface area (Å²) >= 11 is 0. The second kappa shape index (κ2) is 11.2. The lowest BCUT2D eigenvalue weighted by Gasteiger charge is -2.20. The van der Waals surface area contributed by atoms with Crippen molar-refractivity contribution in [3.05, 3.63) is 48.3 Å². The molecule has 7 nitrogen and oxygen atoms in total. The van der Waals surface area contributed by atoms with Crippen LogP contribution < -0.4 is 10.6 Å². The van der Waals surface area contributed by atoms with Gasteiger partial charge in [-0.05, 0) is 36.6 Å². The number of hydrogen-bond acceptors (Lipinski definition) is 3. The van der Waals surface area contributed by atoms with Crippen LogP contribution in [-0.4, -0.2) is 59.3 Å². The number of halogens is 1. The zero-order chi connectivity index (χ0) is 19.9. The van der Waals surface area contributed by atoms with E-state index in [1.807, 2.05) is 35.7 Å². The Morgan fingerprint density at radius 3 is 2.69 bits per heavy atom. The normalized spacial score (nSPS) is 16.6. The number of aromatic nitrogens is 2. The van der Waals surface area contributed by atoms with E-state index in [2.05, 4.69) is 45.0 Å². The summed E-state index contributed by atoms with van der Waals surface area (Å²) in [6.45, 7) is 6.25. The molecule has 1 fully saturated rings. The highest BCUT2D eigenvalue weighted by atomic mass is 127. The summed E-state index contributed by atoms with van der Waals surface area (Å²) in [5.41, 5.74) is 2.31. The molecule has 0 saturated carbocycles. The minimum atomic E-state index is 0. The van der Waals surface area contributed by atoms with Gasteiger partial charge in [0.2, 0.25) is 5.91 Å². The van der Waals surface area contributed by atoms with Gasteiger partial charge in [-0.1, -0.05) is 26.0 Å². The fraction of sp³-hybridized carbons (Fsp3) is 0.476. The van der Waals surface area contributed by atoms with Gasteiger partial charge in [0, 0.05) is 51.0 Å². The Hall–Kier alpha value is -2.10. The van der Waals surface area contributed by atoms with E-state index >= 15 is 0 Å². The fourth-order valence-electron chi connectivity index (χ4n) is 3.39. The Balaban J connectivity index is 0.00000300. The van der Waals surface area contributed by atoms with E-state index < -0.39 is 0 Å². The number of rotatable bonds is 6.